The van der Waals surface area contributed by atoms with Crippen molar-refractivity contribution in [3.8, 4) is 5.69 Å². The molecule has 3 aromatic heterocycles. The number of rotatable bonds is 12. The number of hydrogen-bond donors (Lipinski definition) is 2. The quantitative estimate of drug-likeness (QED) is 0.177. The van der Waals surface area contributed by atoms with E-state index in [1.165, 1.54) is 0 Å². The number of aryl methyl sites for hydroxylation is 1. The number of benzene rings is 2. The molecule has 0 aliphatic carbocycles. The summed E-state index contributed by atoms with van der Waals surface area (Å²) in [6.07, 6.45) is 7.75. The molecule has 49 heavy (non-hydrogen) atoms. The van der Waals surface area contributed by atoms with Crippen LogP contribution in [-0.2, 0) is 13.0 Å². The molecule has 0 radical (unpaired) electrons. The van der Waals surface area contributed by atoms with Crippen LogP contribution in [0.5, 0.6) is 0 Å². The van der Waals surface area contributed by atoms with E-state index < -0.39 is 11.9 Å². The Kier molecular flexibility index (Phi) is 10.2. The van der Waals surface area contributed by atoms with Crippen molar-refractivity contribution in [2.75, 3.05) is 25.0 Å². The average Bonchev–Trinajstić information content (AvgIpc) is 3.74. The number of fused-ring (bicyclic) bond motifs is 2. The zero-order valence-corrected chi connectivity index (χ0v) is 28.3. The van der Waals surface area contributed by atoms with E-state index in [1.807, 2.05) is 60.5 Å². The first kappa shape index (κ1) is 33.6. The highest BCUT2D eigenvalue weighted by Crippen LogP contribution is 2.29. The van der Waals surface area contributed by atoms with Crippen molar-refractivity contribution in [3.63, 3.8) is 0 Å². The van der Waals surface area contributed by atoms with Crippen LogP contribution in [0.25, 0.3) is 11.3 Å². The van der Waals surface area contributed by atoms with Crippen molar-refractivity contribution in [2.45, 2.75) is 65.5 Å². The molecule has 1 atom stereocenters. The van der Waals surface area contributed by atoms with Gasteiger partial charge in [-0.2, -0.15) is 5.10 Å². The fourth-order valence-corrected chi connectivity index (χ4v) is 6.35. The van der Waals surface area contributed by atoms with Gasteiger partial charge in [-0.25, -0.2) is 9.67 Å². The molecule has 6 rings (SSSR count). The molecule has 0 saturated heterocycles. The number of hydrogen-bond acceptors (Lipinski definition) is 6. The van der Waals surface area contributed by atoms with E-state index in [-0.39, 0.29) is 29.7 Å². The first-order valence-electron chi connectivity index (χ1n) is 17.0. The minimum Gasteiger partial charge on any atom is -0.394 e. The van der Waals surface area contributed by atoms with Gasteiger partial charge in [-0.1, -0.05) is 57.0 Å². The summed E-state index contributed by atoms with van der Waals surface area (Å²) in [5.41, 5.74) is 5.14. The number of nitrogens with one attached hydrogen (secondary N) is 1. The van der Waals surface area contributed by atoms with E-state index in [1.54, 1.807) is 44.4 Å². The molecule has 2 N–H and O–H groups in total. The second-order valence-electron chi connectivity index (χ2n) is 12.6. The lowest BCUT2D eigenvalue weighted by Crippen LogP contribution is -2.46. The van der Waals surface area contributed by atoms with Gasteiger partial charge < -0.3 is 24.6 Å². The van der Waals surface area contributed by atoms with Crippen LogP contribution in [0.2, 0.25) is 0 Å². The highest BCUT2D eigenvalue weighted by atomic mass is 16.3. The van der Waals surface area contributed by atoms with Gasteiger partial charge in [0.15, 0.2) is 5.69 Å². The summed E-state index contributed by atoms with van der Waals surface area (Å²) < 4.78 is 3.39. The Morgan fingerprint density at radius 1 is 0.939 bits per heavy atom. The number of carbonyl (C=O) groups excluding carboxylic acids is 3. The molecule has 2 aromatic carbocycles. The molecular formula is C38H43N7O4. The van der Waals surface area contributed by atoms with E-state index in [9.17, 15) is 19.5 Å². The van der Waals surface area contributed by atoms with Gasteiger partial charge >= 0.3 is 0 Å². The molecule has 0 fully saturated rings. The third-order valence-electron chi connectivity index (χ3n) is 9.09. The van der Waals surface area contributed by atoms with Crippen LogP contribution in [0.4, 0.5) is 5.69 Å². The Morgan fingerprint density at radius 3 is 2.39 bits per heavy atom. The minimum atomic E-state index is -0.437. The molecule has 0 spiro atoms. The summed E-state index contributed by atoms with van der Waals surface area (Å²) >= 11 is 0. The number of pyridine rings is 1. The number of aliphatic hydroxyl groups excluding tert-OH is 1. The van der Waals surface area contributed by atoms with E-state index in [0.29, 0.717) is 54.5 Å². The van der Waals surface area contributed by atoms with Crippen LogP contribution in [0.3, 0.4) is 0 Å². The van der Waals surface area contributed by atoms with Crippen LogP contribution < -0.4 is 5.32 Å². The van der Waals surface area contributed by atoms with Gasteiger partial charge in [-0.3, -0.25) is 14.4 Å². The van der Waals surface area contributed by atoms with Crippen LogP contribution in [0.15, 0.2) is 79.1 Å². The van der Waals surface area contributed by atoms with Crippen molar-refractivity contribution >= 4 is 29.1 Å². The maximum absolute atomic E-state index is 14.6. The second-order valence-corrected chi connectivity index (χ2v) is 12.6. The normalized spacial score (nSPS) is 14.1. The van der Waals surface area contributed by atoms with Crippen molar-refractivity contribution in [3.05, 3.63) is 113 Å². The summed E-state index contributed by atoms with van der Waals surface area (Å²) in [4.78, 5) is 49.5. The highest BCUT2D eigenvalue weighted by Gasteiger charge is 2.32. The minimum absolute atomic E-state index is 0.138. The van der Waals surface area contributed by atoms with Gasteiger partial charge in [0.1, 0.15) is 11.3 Å². The summed E-state index contributed by atoms with van der Waals surface area (Å²) in [5, 5.41) is 18.0. The third-order valence-corrected chi connectivity index (χ3v) is 9.09. The maximum atomic E-state index is 14.6. The van der Waals surface area contributed by atoms with Crippen LogP contribution in [0.1, 0.15) is 87.7 Å². The first-order valence-corrected chi connectivity index (χ1v) is 17.0. The summed E-state index contributed by atoms with van der Waals surface area (Å²) in [7, 11) is 0. The number of carbonyl (C=O) groups is 3. The second kappa shape index (κ2) is 14.9. The zero-order chi connectivity index (χ0) is 34.5. The molecule has 11 heteroatoms. The lowest BCUT2D eigenvalue weighted by molar-refractivity contribution is 0.0544. The molecule has 3 amide bonds. The number of aromatic nitrogens is 4. The first-order chi connectivity index (χ1) is 23.8. The van der Waals surface area contributed by atoms with Crippen molar-refractivity contribution < 1.29 is 19.5 Å². The van der Waals surface area contributed by atoms with Crippen LogP contribution in [0, 0.1) is 6.92 Å². The molecule has 11 nitrogen and oxygen atoms in total. The number of nitrogens with zero attached hydrogens (tertiary/aromatic N) is 6. The largest absolute Gasteiger partial charge is 0.394 e. The Hall–Kier alpha value is -5.29. The number of aliphatic hydroxyl groups is 1. The SMILES string of the molecule is CCCCN(CCCC)C(=O)c1cc(C)n(-c2ccc(NC(=O)c3cn4ccccc4n3)cc2C(=O)N2Cc3ccccc3CC2CO)n1. The molecule has 0 bridgehead atoms. The summed E-state index contributed by atoms with van der Waals surface area (Å²) in [5.74, 6) is -0.874. The lowest BCUT2D eigenvalue weighted by Gasteiger charge is -2.36. The maximum Gasteiger partial charge on any atom is 0.275 e. The molecule has 0 saturated carbocycles. The van der Waals surface area contributed by atoms with Gasteiger partial charge in [0.25, 0.3) is 17.7 Å². The molecule has 1 aliphatic rings. The van der Waals surface area contributed by atoms with E-state index in [2.05, 4.69) is 24.1 Å². The highest BCUT2D eigenvalue weighted by molar-refractivity contribution is 6.05. The van der Waals surface area contributed by atoms with Crippen LogP contribution in [-0.4, -0.2) is 77.5 Å². The lowest BCUT2D eigenvalue weighted by atomic mass is 9.93. The smallest absolute Gasteiger partial charge is 0.275 e. The van der Waals surface area contributed by atoms with E-state index in [0.717, 1.165) is 36.8 Å². The zero-order valence-electron chi connectivity index (χ0n) is 28.3. The fourth-order valence-electron chi connectivity index (χ4n) is 6.35. The number of anilines is 1. The van der Waals surface area contributed by atoms with Crippen molar-refractivity contribution in [2.24, 2.45) is 0 Å². The molecule has 1 aliphatic heterocycles. The molecule has 4 heterocycles. The Balaban J connectivity index is 1.37. The number of unbranched alkanes of at least 4 members (excludes halogenated alkanes) is 2. The van der Waals surface area contributed by atoms with Crippen LogP contribution >= 0.6 is 0 Å². The van der Waals surface area contributed by atoms with Gasteiger partial charge in [0.05, 0.1) is 23.9 Å². The molecule has 254 valence electrons. The Bertz CT molecular complexity index is 1940. The Morgan fingerprint density at radius 2 is 1.67 bits per heavy atom. The molecular weight excluding hydrogens is 618 g/mol. The van der Waals surface area contributed by atoms with E-state index >= 15 is 0 Å². The molecule has 5 aromatic rings. The predicted molar refractivity (Wildman–Crippen MR) is 188 cm³/mol. The van der Waals surface area contributed by atoms with Crippen molar-refractivity contribution in [1.82, 2.24) is 29.0 Å². The Labute approximate surface area is 286 Å². The molecule has 1 unspecified atom stereocenters. The topological polar surface area (TPSA) is 125 Å². The monoisotopic (exact) mass is 661 g/mol. The van der Waals surface area contributed by atoms with Gasteiger partial charge in [0, 0.05) is 43.4 Å². The number of amides is 3. The van der Waals surface area contributed by atoms with Gasteiger partial charge in [0.2, 0.25) is 0 Å². The standard InChI is InChI=1S/C38H43N7O4/c1-4-6-17-42(18-7-5-2)38(49)32-20-26(3)45(41-32)34-16-15-29(39-36(47)33-24-43-19-11-10-14-35(43)40-33)22-31(34)37(48)44-23-28-13-9-8-12-27(28)21-30(44)25-46/h8-16,19-20,22,24,30,46H,4-7,17-18,21,23,25H2,1-3H3,(H,39,47). The average molecular weight is 662 g/mol. The predicted octanol–water partition coefficient (Wildman–Crippen LogP) is 5.68. The number of imidazole rings is 1. The van der Waals surface area contributed by atoms with E-state index in [4.69, 9.17) is 5.10 Å². The fraction of sp³-hybridized carbons (Fsp3) is 0.342. The van der Waals surface area contributed by atoms with Crippen molar-refractivity contribution in [1.29, 1.82) is 0 Å². The third kappa shape index (κ3) is 7.12. The summed E-state index contributed by atoms with van der Waals surface area (Å²) in [6.45, 7) is 7.49. The summed E-state index contributed by atoms with van der Waals surface area (Å²) in [6, 6.07) is 19.9. The van der Waals surface area contributed by atoms with Gasteiger partial charge in [-0.05, 0) is 73.7 Å². The van der Waals surface area contributed by atoms with Gasteiger partial charge in [-0.15, -0.1) is 0 Å².